The Morgan fingerprint density at radius 1 is 1.61 bits per heavy atom. The molecular weight excluding hydrogens is 252 g/mol. The lowest BCUT2D eigenvalue weighted by molar-refractivity contribution is 0.0533. The Bertz CT molecular complexity index is 672. The average Bonchev–Trinajstić information content (AvgIpc) is 2.65. The molecule has 0 saturated carbocycles. The Morgan fingerprint density at radius 2 is 2.33 bits per heavy atom. The number of carbonyl (C=O) groups excluding carboxylic acids is 1. The number of rotatable bonds is 2. The highest BCUT2D eigenvalue weighted by Gasteiger charge is 2.19. The van der Waals surface area contributed by atoms with Gasteiger partial charge in [0.1, 0.15) is 21.6 Å². The monoisotopic (exact) mass is 262 g/mol. The van der Waals surface area contributed by atoms with Crippen molar-refractivity contribution < 1.29 is 9.53 Å². The zero-order chi connectivity index (χ0) is 13.3. The molecule has 0 aliphatic heterocycles. The van der Waals surface area contributed by atoms with Crippen LogP contribution in [0.3, 0.4) is 0 Å². The fraction of sp³-hybridized carbons (Fsp3) is 0.182. The summed E-state index contributed by atoms with van der Waals surface area (Å²) in [5.74, 6) is -0.364. The summed E-state index contributed by atoms with van der Waals surface area (Å²) in [7, 11) is 0. The third-order valence-electron chi connectivity index (χ3n) is 2.33. The van der Waals surface area contributed by atoms with Gasteiger partial charge in [0, 0.05) is 5.39 Å². The summed E-state index contributed by atoms with van der Waals surface area (Å²) in [6, 6.07) is 3.46. The number of nitrogens with zero attached hydrogens (tertiary/aromatic N) is 2. The van der Waals surface area contributed by atoms with Crippen molar-refractivity contribution in [1.29, 1.82) is 5.26 Å². The van der Waals surface area contributed by atoms with E-state index in [2.05, 4.69) is 4.98 Å². The van der Waals surface area contributed by atoms with Gasteiger partial charge in [0.05, 0.1) is 17.9 Å². The summed E-state index contributed by atoms with van der Waals surface area (Å²) in [5, 5.41) is 9.42. The van der Waals surface area contributed by atoms with Gasteiger partial charge in [-0.05, 0) is 13.0 Å². The minimum atomic E-state index is -0.491. The largest absolute Gasteiger partial charge is 0.462 e. The third kappa shape index (κ3) is 1.83. The van der Waals surface area contributed by atoms with Gasteiger partial charge in [0.15, 0.2) is 0 Å². The van der Waals surface area contributed by atoms with E-state index >= 15 is 0 Å². The minimum absolute atomic E-state index is 0.127. The molecule has 92 valence electrons. The molecule has 2 heterocycles. The van der Waals surface area contributed by atoms with Gasteiger partial charge >= 0.3 is 5.97 Å². The minimum Gasteiger partial charge on any atom is -0.462 e. The zero-order valence-corrected chi connectivity index (χ0v) is 10.4. The van der Waals surface area contributed by atoms with Crippen molar-refractivity contribution >= 4 is 39.0 Å². The lowest BCUT2D eigenvalue weighted by Crippen LogP contribution is -2.04. The standard InChI is InChI=1S/C11H10N4O2S/c1-2-17-11(16)8-7(13)6-3-5(4-12)9(14)15-10(6)18-8/h3H,2,13H2,1H3,(H2,14,15). The van der Waals surface area contributed by atoms with Gasteiger partial charge in [-0.1, -0.05) is 0 Å². The van der Waals surface area contributed by atoms with Crippen molar-refractivity contribution in [3.8, 4) is 6.07 Å². The van der Waals surface area contributed by atoms with Crippen LogP contribution in [0.2, 0.25) is 0 Å². The normalized spacial score (nSPS) is 10.2. The van der Waals surface area contributed by atoms with Crippen LogP contribution in [0.15, 0.2) is 6.07 Å². The maximum absolute atomic E-state index is 11.7. The first kappa shape index (κ1) is 12.1. The van der Waals surface area contributed by atoms with Gasteiger partial charge in [0.25, 0.3) is 0 Å². The number of pyridine rings is 1. The van der Waals surface area contributed by atoms with Gasteiger partial charge in [-0.2, -0.15) is 5.26 Å². The van der Waals surface area contributed by atoms with Crippen molar-refractivity contribution in [3.05, 3.63) is 16.5 Å². The van der Waals surface area contributed by atoms with Gasteiger partial charge in [-0.15, -0.1) is 11.3 Å². The lowest BCUT2D eigenvalue weighted by Gasteiger charge is -1.99. The molecule has 0 spiro atoms. The molecule has 0 aliphatic rings. The number of nitriles is 1. The number of fused-ring (bicyclic) bond motifs is 1. The molecule has 4 N–H and O–H groups in total. The summed E-state index contributed by atoms with van der Waals surface area (Å²) in [5.41, 5.74) is 12.0. The number of carbonyl (C=O) groups is 1. The molecule has 0 fully saturated rings. The smallest absolute Gasteiger partial charge is 0.350 e. The summed E-state index contributed by atoms with van der Waals surface area (Å²) in [4.78, 5) is 16.5. The van der Waals surface area contributed by atoms with E-state index in [1.54, 1.807) is 6.92 Å². The second-order valence-corrected chi connectivity index (χ2v) is 4.45. The fourth-order valence-electron chi connectivity index (χ4n) is 1.49. The zero-order valence-electron chi connectivity index (χ0n) is 9.56. The van der Waals surface area contributed by atoms with E-state index < -0.39 is 5.97 Å². The molecule has 0 aromatic carbocycles. The number of thiophene rings is 1. The molecule has 2 aromatic heterocycles. The molecule has 2 rings (SSSR count). The van der Waals surface area contributed by atoms with E-state index in [0.717, 1.165) is 11.3 Å². The number of ether oxygens (including phenoxy) is 1. The number of nitrogens with two attached hydrogens (primary N) is 2. The quantitative estimate of drug-likeness (QED) is 0.792. The number of nitrogen functional groups attached to an aromatic ring is 2. The number of esters is 1. The highest BCUT2D eigenvalue weighted by atomic mass is 32.1. The molecule has 0 radical (unpaired) electrons. The van der Waals surface area contributed by atoms with Gasteiger partial charge in [-0.3, -0.25) is 0 Å². The van der Waals surface area contributed by atoms with Crippen LogP contribution in [0.4, 0.5) is 11.5 Å². The van der Waals surface area contributed by atoms with Crippen molar-refractivity contribution in [2.24, 2.45) is 0 Å². The molecule has 0 amide bonds. The number of anilines is 2. The number of hydrogen-bond donors (Lipinski definition) is 2. The molecule has 0 atom stereocenters. The SMILES string of the molecule is CCOC(=O)c1sc2nc(N)c(C#N)cc2c1N. The number of hydrogen-bond acceptors (Lipinski definition) is 7. The van der Waals surface area contributed by atoms with Crippen LogP contribution < -0.4 is 11.5 Å². The van der Waals surface area contributed by atoms with Crippen molar-refractivity contribution in [2.45, 2.75) is 6.92 Å². The van der Waals surface area contributed by atoms with Crippen molar-refractivity contribution in [1.82, 2.24) is 4.98 Å². The fourth-order valence-corrected chi connectivity index (χ4v) is 2.47. The molecule has 18 heavy (non-hydrogen) atoms. The van der Waals surface area contributed by atoms with Crippen LogP contribution in [0, 0.1) is 11.3 Å². The first-order valence-corrected chi connectivity index (χ1v) is 5.95. The highest BCUT2D eigenvalue weighted by molar-refractivity contribution is 7.21. The van der Waals surface area contributed by atoms with Crippen LogP contribution in [-0.2, 0) is 4.74 Å². The molecule has 6 nitrogen and oxygen atoms in total. The molecule has 0 aliphatic carbocycles. The molecule has 0 saturated heterocycles. The predicted molar refractivity (Wildman–Crippen MR) is 69.1 cm³/mol. The average molecular weight is 262 g/mol. The predicted octanol–water partition coefficient (Wildman–Crippen LogP) is 1.51. The Balaban J connectivity index is 2.64. The molecule has 0 unspecified atom stereocenters. The maximum atomic E-state index is 11.7. The van der Waals surface area contributed by atoms with Gasteiger partial charge in [-0.25, -0.2) is 9.78 Å². The Labute approximate surface area is 107 Å². The van der Waals surface area contributed by atoms with Crippen LogP contribution in [-0.4, -0.2) is 17.6 Å². The van der Waals surface area contributed by atoms with E-state index in [9.17, 15) is 4.79 Å². The molecule has 2 aromatic rings. The first-order valence-electron chi connectivity index (χ1n) is 5.14. The number of aromatic nitrogens is 1. The summed E-state index contributed by atoms with van der Waals surface area (Å²) in [6.07, 6.45) is 0. The Hall–Kier alpha value is -2.33. The van der Waals surface area contributed by atoms with Crippen LogP contribution in [0.25, 0.3) is 10.2 Å². The van der Waals surface area contributed by atoms with Crippen molar-refractivity contribution in [2.75, 3.05) is 18.1 Å². The van der Waals surface area contributed by atoms with Gasteiger partial charge in [0.2, 0.25) is 0 Å². The van der Waals surface area contributed by atoms with E-state index in [4.69, 9.17) is 21.5 Å². The Morgan fingerprint density at radius 3 is 2.94 bits per heavy atom. The van der Waals surface area contributed by atoms with E-state index in [1.165, 1.54) is 6.07 Å². The second kappa shape index (κ2) is 4.50. The van der Waals surface area contributed by atoms with Gasteiger partial charge < -0.3 is 16.2 Å². The van der Waals surface area contributed by atoms with Crippen molar-refractivity contribution in [3.63, 3.8) is 0 Å². The van der Waals surface area contributed by atoms with Crippen LogP contribution in [0.1, 0.15) is 22.2 Å². The third-order valence-corrected chi connectivity index (χ3v) is 3.43. The highest BCUT2D eigenvalue weighted by Crippen LogP contribution is 2.34. The lowest BCUT2D eigenvalue weighted by atomic mass is 10.2. The second-order valence-electron chi connectivity index (χ2n) is 3.45. The molecule has 0 bridgehead atoms. The summed E-state index contributed by atoms with van der Waals surface area (Å²) < 4.78 is 4.89. The maximum Gasteiger partial charge on any atom is 0.350 e. The van der Waals surface area contributed by atoms with Crippen LogP contribution in [0.5, 0.6) is 0 Å². The topological polar surface area (TPSA) is 115 Å². The summed E-state index contributed by atoms with van der Waals surface area (Å²) in [6.45, 7) is 1.98. The molecule has 7 heteroatoms. The van der Waals surface area contributed by atoms with E-state index in [-0.39, 0.29) is 28.6 Å². The van der Waals surface area contributed by atoms with E-state index in [1.807, 2.05) is 6.07 Å². The summed E-state index contributed by atoms with van der Waals surface area (Å²) >= 11 is 1.11. The first-order chi connectivity index (χ1) is 8.58. The van der Waals surface area contributed by atoms with E-state index in [0.29, 0.717) is 10.2 Å². The molecular formula is C11H10N4O2S. The van der Waals surface area contributed by atoms with Crippen LogP contribution >= 0.6 is 11.3 Å². The Kier molecular flexibility index (Phi) is 3.04.